The number of hydrogen-bond acceptors (Lipinski definition) is 5. The van der Waals surface area contributed by atoms with Gasteiger partial charge in [0.25, 0.3) is 5.91 Å². The monoisotopic (exact) mass is 216 g/mol. The third-order valence-electron chi connectivity index (χ3n) is 1.80. The van der Waals surface area contributed by atoms with Gasteiger partial charge in [0, 0.05) is 12.5 Å². The van der Waals surface area contributed by atoms with E-state index < -0.39 is 17.5 Å². The van der Waals surface area contributed by atoms with Crippen molar-refractivity contribution in [3.63, 3.8) is 0 Å². The van der Waals surface area contributed by atoms with Gasteiger partial charge in [0.2, 0.25) is 12.3 Å². The molecule has 0 bridgehead atoms. The Kier molecular flexibility index (Phi) is 4.89. The molecule has 3 amide bonds. The lowest BCUT2D eigenvalue weighted by molar-refractivity contribution is -0.137. The van der Waals surface area contributed by atoms with Gasteiger partial charge >= 0.3 is 0 Å². The van der Waals surface area contributed by atoms with Gasteiger partial charge in [0.1, 0.15) is 0 Å². The summed E-state index contributed by atoms with van der Waals surface area (Å²) in [4.78, 5) is 32.8. The zero-order valence-electron chi connectivity index (χ0n) is 8.74. The Hall–Kier alpha value is -1.47. The minimum Gasteiger partial charge on any atom is -0.332 e. The Morgan fingerprint density at radius 2 is 2.00 bits per heavy atom. The molecule has 86 valence electrons. The highest BCUT2D eigenvalue weighted by Gasteiger charge is 2.33. The van der Waals surface area contributed by atoms with Crippen molar-refractivity contribution in [3.05, 3.63) is 0 Å². The Labute approximate surface area is 87.6 Å². The molecule has 0 radical (unpaired) electrons. The fraction of sp³-hybridized carbons (Fsp3) is 0.625. The lowest BCUT2D eigenvalue weighted by Gasteiger charge is -2.25. The second-order valence-electron chi connectivity index (χ2n) is 3.41. The van der Waals surface area contributed by atoms with Gasteiger partial charge in [0.15, 0.2) is 5.66 Å². The number of imide groups is 1. The zero-order valence-corrected chi connectivity index (χ0v) is 8.74. The van der Waals surface area contributed by atoms with Crippen molar-refractivity contribution in [2.75, 3.05) is 6.54 Å². The minimum atomic E-state index is -1.74. The predicted octanol–water partition coefficient (Wildman–Crippen LogP) is -2.36. The lowest BCUT2D eigenvalue weighted by atomic mass is 10.1. The van der Waals surface area contributed by atoms with Crippen molar-refractivity contribution >= 4 is 18.2 Å². The summed E-state index contributed by atoms with van der Waals surface area (Å²) in [6, 6.07) is 0. The molecule has 0 heterocycles. The van der Waals surface area contributed by atoms with Gasteiger partial charge in [-0.3, -0.25) is 25.4 Å². The minimum absolute atomic E-state index is 0.256. The van der Waals surface area contributed by atoms with Crippen LogP contribution in [0.15, 0.2) is 0 Å². The van der Waals surface area contributed by atoms with E-state index in [0.717, 1.165) is 0 Å². The summed E-state index contributed by atoms with van der Waals surface area (Å²) in [7, 11) is 0. The van der Waals surface area contributed by atoms with Crippen LogP contribution < -0.4 is 22.1 Å². The van der Waals surface area contributed by atoms with E-state index in [1.807, 2.05) is 0 Å². The molecule has 1 atom stereocenters. The number of amides is 3. The molecular weight excluding hydrogens is 200 g/mol. The molecule has 7 nitrogen and oxygen atoms in total. The lowest BCUT2D eigenvalue weighted by Crippen LogP contribution is -2.68. The fourth-order valence-corrected chi connectivity index (χ4v) is 0.690. The van der Waals surface area contributed by atoms with Gasteiger partial charge in [-0.25, -0.2) is 0 Å². The topological polar surface area (TPSA) is 127 Å². The van der Waals surface area contributed by atoms with Crippen LogP contribution in [-0.4, -0.2) is 30.4 Å². The normalized spacial score (nSPS) is 14.2. The van der Waals surface area contributed by atoms with E-state index in [9.17, 15) is 14.4 Å². The van der Waals surface area contributed by atoms with Gasteiger partial charge < -0.3 is 11.1 Å². The highest BCUT2D eigenvalue weighted by molar-refractivity contribution is 6.01. The van der Waals surface area contributed by atoms with E-state index in [1.54, 1.807) is 13.8 Å². The first kappa shape index (κ1) is 13.5. The molecule has 7 heteroatoms. The second kappa shape index (κ2) is 5.42. The van der Waals surface area contributed by atoms with Crippen molar-refractivity contribution in [2.45, 2.75) is 19.5 Å². The molecule has 0 saturated heterocycles. The van der Waals surface area contributed by atoms with E-state index in [0.29, 0.717) is 0 Å². The first-order valence-electron chi connectivity index (χ1n) is 4.43. The van der Waals surface area contributed by atoms with E-state index in [2.05, 4.69) is 10.6 Å². The first-order chi connectivity index (χ1) is 6.87. The largest absolute Gasteiger partial charge is 0.332 e. The summed E-state index contributed by atoms with van der Waals surface area (Å²) in [5, 5.41) is 4.11. The maximum atomic E-state index is 11.4. The third-order valence-corrected chi connectivity index (χ3v) is 1.80. The van der Waals surface area contributed by atoms with Gasteiger partial charge in [-0.15, -0.1) is 0 Å². The molecule has 0 aliphatic heterocycles. The highest BCUT2D eigenvalue weighted by atomic mass is 16.2. The zero-order chi connectivity index (χ0) is 12.1. The summed E-state index contributed by atoms with van der Waals surface area (Å²) in [5.41, 5.74) is 8.95. The van der Waals surface area contributed by atoms with Gasteiger partial charge in [-0.2, -0.15) is 0 Å². The second-order valence-corrected chi connectivity index (χ2v) is 3.41. The van der Waals surface area contributed by atoms with Crippen molar-refractivity contribution in [2.24, 2.45) is 17.4 Å². The average molecular weight is 216 g/mol. The van der Waals surface area contributed by atoms with Crippen LogP contribution in [0, 0.1) is 5.92 Å². The average Bonchev–Trinajstić information content (AvgIpc) is 2.17. The molecule has 0 aliphatic rings. The van der Waals surface area contributed by atoms with E-state index >= 15 is 0 Å². The molecule has 6 N–H and O–H groups in total. The quantitative estimate of drug-likeness (QED) is 0.302. The Bertz CT molecular complexity index is 267. The number of carbonyl (C=O) groups excluding carboxylic acids is 3. The molecule has 0 saturated carbocycles. The number of nitrogens with one attached hydrogen (secondary N) is 2. The Balaban J connectivity index is 4.53. The van der Waals surface area contributed by atoms with Crippen LogP contribution in [0.3, 0.4) is 0 Å². The number of carbonyl (C=O) groups is 3. The van der Waals surface area contributed by atoms with Crippen molar-refractivity contribution in [1.82, 2.24) is 10.6 Å². The summed E-state index contributed by atoms with van der Waals surface area (Å²) < 4.78 is 0. The molecule has 0 rings (SSSR count). The fourth-order valence-electron chi connectivity index (χ4n) is 0.690. The standard InChI is InChI=1S/C8H16N4O3/c1-5(2)6(14)12-7(15)8(10,3-9)11-4-13/h4-5H,3,9-10H2,1-2H3,(H,11,13)(H,12,14,15). The van der Waals surface area contributed by atoms with E-state index in [-0.39, 0.29) is 18.9 Å². The smallest absolute Gasteiger partial charge is 0.268 e. The molecule has 15 heavy (non-hydrogen) atoms. The Morgan fingerprint density at radius 3 is 2.33 bits per heavy atom. The van der Waals surface area contributed by atoms with Crippen LogP contribution >= 0.6 is 0 Å². The summed E-state index contributed by atoms with van der Waals surface area (Å²) in [5.74, 6) is -1.65. The van der Waals surface area contributed by atoms with E-state index in [4.69, 9.17) is 11.5 Å². The maximum absolute atomic E-state index is 11.4. The summed E-state index contributed by atoms with van der Waals surface area (Å²) in [6.45, 7) is 2.94. The first-order valence-corrected chi connectivity index (χ1v) is 4.43. The highest BCUT2D eigenvalue weighted by Crippen LogP contribution is 1.95. The van der Waals surface area contributed by atoms with Crippen molar-refractivity contribution in [3.8, 4) is 0 Å². The molecule has 1 unspecified atom stereocenters. The number of nitrogens with two attached hydrogens (primary N) is 2. The molecule has 0 fully saturated rings. The van der Waals surface area contributed by atoms with Crippen LogP contribution in [0.2, 0.25) is 0 Å². The molecule has 0 aliphatic carbocycles. The summed E-state index contributed by atoms with van der Waals surface area (Å²) >= 11 is 0. The van der Waals surface area contributed by atoms with Crippen molar-refractivity contribution < 1.29 is 14.4 Å². The van der Waals surface area contributed by atoms with Crippen LogP contribution in [0.4, 0.5) is 0 Å². The van der Waals surface area contributed by atoms with Gasteiger partial charge in [0.05, 0.1) is 0 Å². The molecule has 0 aromatic heterocycles. The van der Waals surface area contributed by atoms with Crippen LogP contribution in [0.25, 0.3) is 0 Å². The molecule has 0 spiro atoms. The van der Waals surface area contributed by atoms with Crippen LogP contribution in [0.5, 0.6) is 0 Å². The van der Waals surface area contributed by atoms with Crippen molar-refractivity contribution in [1.29, 1.82) is 0 Å². The number of rotatable bonds is 5. The summed E-state index contributed by atoms with van der Waals surface area (Å²) in [6.07, 6.45) is 0.256. The van der Waals surface area contributed by atoms with Crippen LogP contribution in [0.1, 0.15) is 13.8 Å². The Morgan fingerprint density at radius 1 is 1.47 bits per heavy atom. The third kappa shape index (κ3) is 3.64. The molecular formula is C8H16N4O3. The molecule has 0 aromatic rings. The predicted molar refractivity (Wildman–Crippen MR) is 53.2 cm³/mol. The van der Waals surface area contributed by atoms with Crippen LogP contribution in [-0.2, 0) is 14.4 Å². The van der Waals surface area contributed by atoms with Gasteiger partial charge in [-0.05, 0) is 0 Å². The van der Waals surface area contributed by atoms with E-state index in [1.165, 1.54) is 0 Å². The SMILES string of the molecule is CC(C)C(=O)NC(=O)C(N)(CN)NC=O. The number of hydrogen-bond donors (Lipinski definition) is 4. The maximum Gasteiger partial charge on any atom is 0.268 e. The molecule has 0 aromatic carbocycles. The van der Waals surface area contributed by atoms with Gasteiger partial charge in [-0.1, -0.05) is 13.8 Å².